The number of esters is 1. The van der Waals surface area contributed by atoms with Crippen molar-refractivity contribution in [3.8, 4) is 0 Å². The van der Waals surface area contributed by atoms with Crippen LogP contribution in [0, 0.1) is 0 Å². The van der Waals surface area contributed by atoms with Crippen LogP contribution in [0.2, 0.25) is 0 Å². The highest BCUT2D eigenvalue weighted by Crippen LogP contribution is 2.27. The first kappa shape index (κ1) is 18.6. The van der Waals surface area contributed by atoms with Crippen LogP contribution in [-0.2, 0) is 25.7 Å². The molecule has 2 amide bonds. The summed E-state index contributed by atoms with van der Waals surface area (Å²) in [6, 6.07) is 7.45. The lowest BCUT2D eigenvalue weighted by atomic mass is 10.1. The number of methoxy groups -OCH3 is 1. The van der Waals surface area contributed by atoms with Gasteiger partial charge < -0.3 is 19.9 Å². The van der Waals surface area contributed by atoms with Crippen LogP contribution in [0.4, 0.5) is 0 Å². The molecule has 1 aromatic heterocycles. The Morgan fingerprint density at radius 3 is 2.63 bits per heavy atom. The van der Waals surface area contributed by atoms with Crippen LogP contribution in [-0.4, -0.2) is 58.0 Å². The molecule has 1 aliphatic rings. The maximum absolute atomic E-state index is 12.6. The van der Waals surface area contributed by atoms with E-state index >= 15 is 0 Å². The summed E-state index contributed by atoms with van der Waals surface area (Å²) in [5.41, 5.74) is 7.11. The second kappa shape index (κ2) is 7.20. The molecule has 8 nitrogen and oxygen atoms in total. The zero-order valence-corrected chi connectivity index (χ0v) is 15.7. The molecule has 0 atom stereocenters. The number of para-hydroxylation sites is 1. The molecule has 27 heavy (non-hydrogen) atoms. The predicted molar refractivity (Wildman–Crippen MR) is 103 cm³/mol. The number of aromatic nitrogens is 1. The Kier molecular flexibility index (Phi) is 4.95. The summed E-state index contributed by atoms with van der Waals surface area (Å²) in [7, 11) is 2.82. The second-order valence-electron chi connectivity index (χ2n) is 6.03. The molecule has 140 valence electrons. The van der Waals surface area contributed by atoms with Crippen molar-refractivity contribution in [2.45, 2.75) is 6.54 Å². The van der Waals surface area contributed by atoms with Gasteiger partial charge >= 0.3 is 5.97 Å². The first-order valence-corrected chi connectivity index (χ1v) is 8.48. The molecule has 1 aromatic carbocycles. The van der Waals surface area contributed by atoms with Crippen molar-refractivity contribution in [1.29, 1.82) is 0 Å². The molecular formula is C18H18N4O4S. The standard InChI is InChI=1S/C18H18N4O4S/c1-20-17(25)14(22(18(20)27)10-16(24)26-2)7-11-8-21(9-15(19)23)13-6-4-3-5-12(11)13/h3-8H,9-10H2,1-2H3,(H2,19,23)/b14-7-. The van der Waals surface area contributed by atoms with Crippen LogP contribution in [0.25, 0.3) is 17.0 Å². The number of nitrogens with two attached hydrogens (primary N) is 1. The molecule has 0 spiro atoms. The molecule has 0 aliphatic carbocycles. The van der Waals surface area contributed by atoms with E-state index < -0.39 is 11.9 Å². The second-order valence-corrected chi connectivity index (χ2v) is 6.40. The topological polar surface area (TPSA) is 97.9 Å². The molecule has 1 saturated heterocycles. The van der Waals surface area contributed by atoms with Crippen LogP contribution < -0.4 is 5.73 Å². The van der Waals surface area contributed by atoms with E-state index in [0.29, 0.717) is 5.56 Å². The van der Waals surface area contributed by atoms with Crippen LogP contribution in [0.1, 0.15) is 5.56 Å². The Morgan fingerprint density at radius 1 is 1.26 bits per heavy atom. The van der Waals surface area contributed by atoms with E-state index in [1.807, 2.05) is 24.3 Å². The van der Waals surface area contributed by atoms with E-state index in [2.05, 4.69) is 0 Å². The minimum Gasteiger partial charge on any atom is -0.468 e. The predicted octanol–water partition coefficient (Wildman–Crippen LogP) is 0.699. The fourth-order valence-electron chi connectivity index (χ4n) is 2.98. The molecule has 2 N–H and O–H groups in total. The molecule has 1 fully saturated rings. The maximum atomic E-state index is 12.6. The van der Waals surface area contributed by atoms with Crippen molar-refractivity contribution in [3.05, 3.63) is 41.7 Å². The molecule has 3 rings (SSSR count). The van der Waals surface area contributed by atoms with Gasteiger partial charge in [0.05, 0.1) is 7.11 Å². The van der Waals surface area contributed by atoms with Gasteiger partial charge in [-0.1, -0.05) is 18.2 Å². The van der Waals surface area contributed by atoms with Crippen molar-refractivity contribution in [1.82, 2.24) is 14.4 Å². The quantitative estimate of drug-likeness (QED) is 0.462. The molecule has 0 radical (unpaired) electrons. The molecule has 0 bridgehead atoms. The minimum atomic E-state index is -0.512. The lowest BCUT2D eigenvalue weighted by Gasteiger charge is -2.16. The number of hydrogen-bond donors (Lipinski definition) is 1. The van der Waals surface area contributed by atoms with Gasteiger partial charge in [-0.05, 0) is 24.4 Å². The number of carbonyl (C=O) groups is 3. The maximum Gasteiger partial charge on any atom is 0.325 e. The largest absolute Gasteiger partial charge is 0.468 e. The third-order valence-electron chi connectivity index (χ3n) is 4.29. The summed E-state index contributed by atoms with van der Waals surface area (Å²) in [5.74, 6) is -1.31. The van der Waals surface area contributed by atoms with Crippen LogP contribution >= 0.6 is 12.2 Å². The summed E-state index contributed by atoms with van der Waals surface area (Å²) in [6.07, 6.45) is 3.40. The van der Waals surface area contributed by atoms with Crippen LogP contribution in [0.5, 0.6) is 0 Å². The highest BCUT2D eigenvalue weighted by Gasteiger charge is 2.37. The summed E-state index contributed by atoms with van der Waals surface area (Å²) < 4.78 is 6.41. The summed E-state index contributed by atoms with van der Waals surface area (Å²) in [6.45, 7) is -0.154. The van der Waals surface area contributed by atoms with Gasteiger partial charge in [0.2, 0.25) is 5.91 Å². The first-order valence-electron chi connectivity index (χ1n) is 8.07. The van der Waals surface area contributed by atoms with E-state index in [4.69, 9.17) is 22.7 Å². The average Bonchev–Trinajstić information content (AvgIpc) is 3.07. The lowest BCUT2D eigenvalue weighted by Crippen LogP contribution is -2.33. The van der Waals surface area contributed by atoms with Gasteiger partial charge in [-0.3, -0.25) is 19.3 Å². The molecule has 0 unspecified atom stereocenters. The number of likely N-dealkylation sites (N-methyl/N-ethyl adjacent to an activating group) is 1. The fraction of sp³-hybridized carbons (Fsp3) is 0.222. The average molecular weight is 386 g/mol. The Bertz CT molecular complexity index is 994. The number of carbonyl (C=O) groups excluding carboxylic acids is 3. The van der Waals surface area contributed by atoms with Crippen molar-refractivity contribution in [2.24, 2.45) is 5.73 Å². The number of hydrogen-bond acceptors (Lipinski definition) is 5. The van der Waals surface area contributed by atoms with Gasteiger partial charge in [0.25, 0.3) is 5.91 Å². The summed E-state index contributed by atoms with van der Waals surface area (Å²) >= 11 is 5.27. The highest BCUT2D eigenvalue weighted by molar-refractivity contribution is 7.80. The van der Waals surface area contributed by atoms with Gasteiger partial charge in [-0.25, -0.2) is 0 Å². The van der Waals surface area contributed by atoms with Crippen LogP contribution in [0.15, 0.2) is 36.2 Å². The molecule has 9 heteroatoms. The van der Waals surface area contributed by atoms with E-state index in [1.165, 1.54) is 16.9 Å². The van der Waals surface area contributed by atoms with E-state index in [-0.39, 0.29) is 29.8 Å². The molecule has 0 saturated carbocycles. The van der Waals surface area contributed by atoms with Gasteiger partial charge in [0.1, 0.15) is 18.8 Å². The zero-order valence-electron chi connectivity index (χ0n) is 14.8. The van der Waals surface area contributed by atoms with E-state index in [0.717, 1.165) is 10.9 Å². The molecule has 2 aromatic rings. The number of amides is 2. The zero-order chi connectivity index (χ0) is 19.7. The number of thiocarbonyl (C=S) groups is 1. The number of primary amides is 1. The summed E-state index contributed by atoms with van der Waals surface area (Å²) in [4.78, 5) is 38.4. The highest BCUT2D eigenvalue weighted by atomic mass is 32.1. The first-order chi connectivity index (χ1) is 12.8. The van der Waals surface area contributed by atoms with Crippen LogP contribution in [0.3, 0.4) is 0 Å². The fourth-order valence-corrected chi connectivity index (χ4v) is 3.23. The van der Waals surface area contributed by atoms with Gasteiger partial charge in [-0.2, -0.15) is 0 Å². The van der Waals surface area contributed by atoms with Gasteiger partial charge in [0.15, 0.2) is 5.11 Å². The number of ether oxygens (including phenoxy) is 1. The van der Waals surface area contributed by atoms with Crippen molar-refractivity contribution >= 4 is 52.1 Å². The number of rotatable bonds is 5. The molecule has 1 aliphatic heterocycles. The Balaban J connectivity index is 2.11. The lowest BCUT2D eigenvalue weighted by molar-refractivity contribution is -0.140. The number of benzene rings is 1. The van der Waals surface area contributed by atoms with E-state index in [1.54, 1.807) is 23.9 Å². The minimum absolute atomic E-state index is 0.0157. The SMILES string of the molecule is COC(=O)CN1C(=S)N(C)C(=O)/C1=C/c1cn(CC(N)=O)c2ccccc12. The van der Waals surface area contributed by atoms with Crippen molar-refractivity contribution < 1.29 is 19.1 Å². The smallest absolute Gasteiger partial charge is 0.325 e. The third kappa shape index (κ3) is 3.41. The summed E-state index contributed by atoms with van der Waals surface area (Å²) in [5, 5.41) is 1.06. The number of nitrogens with zero attached hydrogens (tertiary/aromatic N) is 3. The Morgan fingerprint density at radius 2 is 1.96 bits per heavy atom. The number of fused-ring (bicyclic) bond motifs is 1. The molecule has 2 heterocycles. The third-order valence-corrected chi connectivity index (χ3v) is 4.78. The normalized spacial score (nSPS) is 15.9. The van der Waals surface area contributed by atoms with Gasteiger partial charge in [0, 0.05) is 29.7 Å². The van der Waals surface area contributed by atoms with E-state index in [9.17, 15) is 14.4 Å². The monoisotopic (exact) mass is 386 g/mol. The van der Waals surface area contributed by atoms with Crippen molar-refractivity contribution in [2.75, 3.05) is 20.7 Å². The molecular weight excluding hydrogens is 368 g/mol. The Labute approximate surface area is 160 Å². The van der Waals surface area contributed by atoms with Crippen molar-refractivity contribution in [3.63, 3.8) is 0 Å². The Hall–Kier alpha value is -3.20. The van der Waals surface area contributed by atoms with Gasteiger partial charge in [-0.15, -0.1) is 0 Å².